The Balaban J connectivity index is 1.85. The lowest BCUT2D eigenvalue weighted by Gasteiger charge is -2.38. The number of carbonyl (C=O) groups is 1. The Morgan fingerprint density at radius 1 is 1.26 bits per heavy atom. The molecule has 1 N–H and O–H groups in total. The Bertz CT molecular complexity index is 468. The molecule has 1 aromatic carbocycles. The minimum absolute atomic E-state index is 0.144. The Hall–Kier alpha value is -1.55. The summed E-state index contributed by atoms with van der Waals surface area (Å²) in [4.78, 5) is 16.9. The van der Waals surface area contributed by atoms with Crippen molar-refractivity contribution in [3.63, 3.8) is 0 Å². The van der Waals surface area contributed by atoms with Gasteiger partial charge in [-0.3, -0.25) is 4.79 Å². The molecular weight excluding hydrogens is 238 g/mol. The van der Waals surface area contributed by atoms with Crippen LogP contribution in [0.4, 0.5) is 11.4 Å². The smallest absolute Gasteiger partial charge is 0.231 e. The van der Waals surface area contributed by atoms with E-state index >= 15 is 0 Å². The second kappa shape index (κ2) is 5.21. The first-order valence-corrected chi connectivity index (χ1v) is 7.09. The number of rotatable bonds is 1. The number of nitrogens with zero attached hydrogens (tertiary/aromatic N) is 2. The van der Waals surface area contributed by atoms with Crippen molar-refractivity contribution >= 4 is 17.3 Å². The van der Waals surface area contributed by atoms with E-state index in [2.05, 4.69) is 29.4 Å². The molecule has 4 heteroatoms. The van der Waals surface area contributed by atoms with Gasteiger partial charge >= 0.3 is 0 Å². The highest BCUT2D eigenvalue weighted by atomic mass is 16.2. The van der Waals surface area contributed by atoms with Crippen LogP contribution in [0.15, 0.2) is 24.3 Å². The number of nitrogens with one attached hydrogen (secondary N) is 1. The van der Waals surface area contributed by atoms with E-state index in [1.807, 2.05) is 17.0 Å². The van der Waals surface area contributed by atoms with Gasteiger partial charge in [-0.2, -0.15) is 0 Å². The molecule has 1 amide bonds. The fraction of sp³-hybridized carbons (Fsp3) is 0.533. The second-order valence-corrected chi connectivity index (χ2v) is 5.44. The third-order valence-electron chi connectivity index (χ3n) is 4.15. The summed E-state index contributed by atoms with van der Waals surface area (Å²) < 4.78 is 0. The lowest BCUT2D eigenvalue weighted by atomic mass is 9.97. The van der Waals surface area contributed by atoms with Gasteiger partial charge in [-0.25, -0.2) is 0 Å². The predicted molar refractivity (Wildman–Crippen MR) is 77.7 cm³/mol. The number of benzene rings is 1. The molecule has 0 aliphatic carbocycles. The van der Waals surface area contributed by atoms with E-state index in [4.69, 9.17) is 0 Å². The maximum Gasteiger partial charge on any atom is 0.231 e. The van der Waals surface area contributed by atoms with Crippen molar-refractivity contribution in [3.05, 3.63) is 24.3 Å². The van der Waals surface area contributed by atoms with Crippen LogP contribution in [0.1, 0.15) is 12.8 Å². The minimum atomic E-state index is 0.144. The SMILES string of the molecule is CN1CCN(C(=O)C2CCCNC2)c2ccccc21. The van der Waals surface area contributed by atoms with Crippen molar-refractivity contribution in [1.82, 2.24) is 5.32 Å². The van der Waals surface area contributed by atoms with E-state index in [1.165, 1.54) is 0 Å². The van der Waals surface area contributed by atoms with Crippen LogP contribution in [0.25, 0.3) is 0 Å². The number of para-hydroxylation sites is 2. The highest BCUT2D eigenvalue weighted by molar-refractivity contribution is 5.99. The van der Waals surface area contributed by atoms with Gasteiger partial charge in [0.05, 0.1) is 17.3 Å². The predicted octanol–water partition coefficient (Wildman–Crippen LogP) is 1.47. The van der Waals surface area contributed by atoms with E-state index < -0.39 is 0 Å². The Labute approximate surface area is 114 Å². The molecule has 1 saturated heterocycles. The fourth-order valence-corrected chi connectivity index (χ4v) is 3.02. The molecule has 19 heavy (non-hydrogen) atoms. The average molecular weight is 259 g/mol. The first-order chi connectivity index (χ1) is 9.27. The Kier molecular flexibility index (Phi) is 3.42. The van der Waals surface area contributed by atoms with Crippen LogP contribution in [-0.2, 0) is 4.79 Å². The second-order valence-electron chi connectivity index (χ2n) is 5.44. The van der Waals surface area contributed by atoms with Crippen molar-refractivity contribution in [2.45, 2.75) is 12.8 Å². The van der Waals surface area contributed by atoms with Crippen LogP contribution >= 0.6 is 0 Å². The number of fused-ring (bicyclic) bond motifs is 1. The number of amides is 1. The summed E-state index contributed by atoms with van der Waals surface area (Å²) >= 11 is 0. The highest BCUT2D eigenvalue weighted by Crippen LogP contribution is 2.33. The first kappa shape index (κ1) is 12.5. The molecule has 1 unspecified atom stereocenters. The van der Waals surface area contributed by atoms with Crippen molar-refractivity contribution in [2.24, 2.45) is 5.92 Å². The molecule has 0 bridgehead atoms. The first-order valence-electron chi connectivity index (χ1n) is 7.09. The van der Waals surface area contributed by atoms with Crippen molar-refractivity contribution in [3.8, 4) is 0 Å². The highest BCUT2D eigenvalue weighted by Gasteiger charge is 2.30. The van der Waals surface area contributed by atoms with Crippen LogP contribution < -0.4 is 15.1 Å². The number of hydrogen-bond acceptors (Lipinski definition) is 3. The topological polar surface area (TPSA) is 35.6 Å². The molecule has 0 saturated carbocycles. The summed E-state index contributed by atoms with van der Waals surface area (Å²) in [5.74, 6) is 0.429. The largest absolute Gasteiger partial charge is 0.371 e. The molecule has 102 valence electrons. The maximum atomic E-state index is 12.7. The summed E-state index contributed by atoms with van der Waals surface area (Å²) in [6.45, 7) is 3.57. The quantitative estimate of drug-likeness (QED) is 0.829. The van der Waals surface area contributed by atoms with Gasteiger partial charge in [0.25, 0.3) is 0 Å². The number of hydrogen-bond donors (Lipinski definition) is 1. The summed E-state index contributed by atoms with van der Waals surface area (Å²) in [5.41, 5.74) is 2.22. The van der Waals surface area contributed by atoms with Gasteiger partial charge in [-0.15, -0.1) is 0 Å². The molecule has 0 spiro atoms. The minimum Gasteiger partial charge on any atom is -0.371 e. The van der Waals surface area contributed by atoms with Crippen LogP contribution in [0.5, 0.6) is 0 Å². The van der Waals surface area contributed by atoms with Crippen LogP contribution in [0.3, 0.4) is 0 Å². The van der Waals surface area contributed by atoms with E-state index in [1.54, 1.807) is 0 Å². The summed E-state index contributed by atoms with van der Waals surface area (Å²) in [5, 5.41) is 3.33. The number of piperidine rings is 1. The summed E-state index contributed by atoms with van der Waals surface area (Å²) in [6, 6.07) is 8.19. The maximum absolute atomic E-state index is 12.7. The third-order valence-corrected chi connectivity index (χ3v) is 4.15. The summed E-state index contributed by atoms with van der Waals surface area (Å²) in [7, 11) is 2.09. The molecule has 1 atom stereocenters. The zero-order valence-electron chi connectivity index (χ0n) is 11.4. The molecule has 4 nitrogen and oxygen atoms in total. The number of likely N-dealkylation sites (N-methyl/N-ethyl adjacent to an activating group) is 1. The fourth-order valence-electron chi connectivity index (χ4n) is 3.02. The molecule has 1 aromatic rings. The standard InChI is InChI=1S/C15H21N3O/c1-17-9-10-18(14-7-3-2-6-13(14)17)15(19)12-5-4-8-16-11-12/h2-3,6-7,12,16H,4-5,8-11H2,1H3. The Morgan fingerprint density at radius 3 is 2.79 bits per heavy atom. The van der Waals surface area contributed by atoms with Crippen LogP contribution in [-0.4, -0.2) is 39.1 Å². The van der Waals surface area contributed by atoms with E-state index in [0.29, 0.717) is 0 Å². The number of carbonyl (C=O) groups excluding carboxylic acids is 1. The van der Waals surface area contributed by atoms with E-state index in [0.717, 1.165) is 50.4 Å². The van der Waals surface area contributed by atoms with Gasteiger partial charge in [0.1, 0.15) is 0 Å². The van der Waals surface area contributed by atoms with E-state index in [-0.39, 0.29) is 11.8 Å². The van der Waals surface area contributed by atoms with Crippen molar-refractivity contribution in [2.75, 3.05) is 43.0 Å². The molecule has 2 heterocycles. The summed E-state index contributed by atoms with van der Waals surface area (Å²) in [6.07, 6.45) is 2.12. The van der Waals surface area contributed by atoms with Crippen LogP contribution in [0, 0.1) is 5.92 Å². The molecule has 2 aliphatic heterocycles. The van der Waals surface area contributed by atoms with Crippen LogP contribution in [0.2, 0.25) is 0 Å². The molecular formula is C15H21N3O. The van der Waals surface area contributed by atoms with Gasteiger partial charge in [0.2, 0.25) is 5.91 Å². The van der Waals surface area contributed by atoms with Crippen molar-refractivity contribution < 1.29 is 4.79 Å². The van der Waals surface area contributed by atoms with Gasteiger partial charge in [-0.1, -0.05) is 12.1 Å². The third kappa shape index (κ3) is 2.32. The molecule has 1 fully saturated rings. The molecule has 2 aliphatic rings. The lowest BCUT2D eigenvalue weighted by molar-refractivity contribution is -0.122. The molecule has 0 aromatic heterocycles. The zero-order chi connectivity index (χ0) is 13.2. The number of anilines is 2. The molecule has 0 radical (unpaired) electrons. The van der Waals surface area contributed by atoms with Gasteiger partial charge < -0.3 is 15.1 Å². The van der Waals surface area contributed by atoms with Gasteiger partial charge in [0.15, 0.2) is 0 Å². The monoisotopic (exact) mass is 259 g/mol. The Morgan fingerprint density at radius 2 is 2.05 bits per heavy atom. The lowest BCUT2D eigenvalue weighted by Crippen LogP contribution is -2.48. The van der Waals surface area contributed by atoms with Gasteiger partial charge in [0, 0.05) is 26.7 Å². The van der Waals surface area contributed by atoms with E-state index in [9.17, 15) is 4.79 Å². The average Bonchev–Trinajstić information content (AvgIpc) is 2.48. The molecule has 3 rings (SSSR count). The van der Waals surface area contributed by atoms with Gasteiger partial charge in [-0.05, 0) is 31.5 Å². The normalized spacial score (nSPS) is 23.1. The van der Waals surface area contributed by atoms with Crippen molar-refractivity contribution in [1.29, 1.82) is 0 Å². The zero-order valence-corrected chi connectivity index (χ0v) is 11.4.